The minimum atomic E-state index is -0.646. The summed E-state index contributed by atoms with van der Waals surface area (Å²) >= 11 is 1.52. The Labute approximate surface area is 107 Å². The zero-order valence-corrected chi connectivity index (χ0v) is 10.5. The predicted molar refractivity (Wildman–Crippen MR) is 72.0 cm³/mol. The van der Waals surface area contributed by atoms with Crippen LogP contribution in [0, 0.1) is 6.92 Å². The topological polar surface area (TPSA) is 68.9 Å². The fraction of sp³-hybridized carbons (Fsp3) is 0.154. The van der Waals surface area contributed by atoms with Crippen LogP contribution in [0.15, 0.2) is 34.4 Å². The van der Waals surface area contributed by atoms with Crippen molar-refractivity contribution in [2.75, 3.05) is 0 Å². The van der Waals surface area contributed by atoms with Crippen LogP contribution in [-0.4, -0.2) is 15.1 Å². The highest BCUT2D eigenvalue weighted by molar-refractivity contribution is 7.10. The van der Waals surface area contributed by atoms with Crippen molar-refractivity contribution in [1.29, 1.82) is 0 Å². The maximum Gasteiger partial charge on any atom is 0.323 e. The fourth-order valence-electron chi connectivity index (χ4n) is 2.10. The van der Waals surface area contributed by atoms with Crippen LogP contribution in [0.5, 0.6) is 0 Å². The molecule has 4 nitrogen and oxygen atoms in total. The van der Waals surface area contributed by atoms with Crippen molar-refractivity contribution >= 4 is 22.4 Å². The smallest absolute Gasteiger partial charge is 0.323 e. The quantitative estimate of drug-likeness (QED) is 0.661. The van der Waals surface area contributed by atoms with Crippen molar-refractivity contribution in [2.45, 2.75) is 13.0 Å². The van der Waals surface area contributed by atoms with Crippen LogP contribution in [0.4, 0.5) is 0 Å². The second-order valence-corrected chi connectivity index (χ2v) is 5.23. The van der Waals surface area contributed by atoms with Gasteiger partial charge in [0.2, 0.25) is 0 Å². The van der Waals surface area contributed by atoms with Crippen LogP contribution in [0.2, 0.25) is 0 Å². The maximum absolute atomic E-state index is 11.2. The lowest BCUT2D eigenvalue weighted by Crippen LogP contribution is -2.00. The highest BCUT2D eigenvalue weighted by atomic mass is 32.1. The molecule has 0 saturated heterocycles. The van der Waals surface area contributed by atoms with E-state index in [1.807, 2.05) is 36.6 Å². The second kappa shape index (κ2) is 4.12. The van der Waals surface area contributed by atoms with Crippen LogP contribution in [0.3, 0.4) is 0 Å². The number of aryl methyl sites for hydroxylation is 1. The Balaban J connectivity index is 2.16. The number of fused-ring (bicyclic) bond motifs is 1. The van der Waals surface area contributed by atoms with Crippen LogP contribution < -0.4 is 5.69 Å². The van der Waals surface area contributed by atoms with Gasteiger partial charge in [0.15, 0.2) is 0 Å². The number of rotatable bonds is 2. The van der Waals surface area contributed by atoms with Gasteiger partial charge in [0.1, 0.15) is 6.10 Å². The minimum Gasteiger partial charge on any atom is -0.383 e. The number of aromatic amines is 2. The van der Waals surface area contributed by atoms with Crippen LogP contribution in [0.1, 0.15) is 22.1 Å². The summed E-state index contributed by atoms with van der Waals surface area (Å²) in [5, 5.41) is 12.3. The number of aliphatic hydroxyl groups excluding tert-OH is 1. The molecule has 0 aliphatic carbocycles. The van der Waals surface area contributed by atoms with E-state index in [9.17, 15) is 9.90 Å². The average molecular weight is 260 g/mol. The fourth-order valence-corrected chi connectivity index (χ4v) is 2.83. The summed E-state index contributed by atoms with van der Waals surface area (Å²) in [4.78, 5) is 17.6. The number of H-pyrrole nitrogens is 2. The molecular weight excluding hydrogens is 248 g/mol. The van der Waals surface area contributed by atoms with Gasteiger partial charge in [-0.05, 0) is 41.6 Å². The molecule has 0 aliphatic rings. The molecule has 92 valence electrons. The second-order valence-electron chi connectivity index (χ2n) is 4.25. The van der Waals surface area contributed by atoms with E-state index in [0.29, 0.717) is 0 Å². The van der Waals surface area contributed by atoms with Crippen molar-refractivity contribution in [3.63, 3.8) is 0 Å². The van der Waals surface area contributed by atoms with Gasteiger partial charge in [-0.2, -0.15) is 0 Å². The molecule has 1 atom stereocenters. The molecule has 0 amide bonds. The largest absolute Gasteiger partial charge is 0.383 e. The van der Waals surface area contributed by atoms with E-state index in [1.165, 1.54) is 11.3 Å². The minimum absolute atomic E-state index is 0.229. The Hall–Kier alpha value is -1.85. The number of aliphatic hydroxyl groups is 1. The van der Waals surface area contributed by atoms with E-state index in [4.69, 9.17) is 0 Å². The molecule has 0 spiro atoms. The monoisotopic (exact) mass is 260 g/mol. The van der Waals surface area contributed by atoms with Crippen molar-refractivity contribution in [3.8, 4) is 0 Å². The average Bonchev–Trinajstić information content (AvgIpc) is 2.94. The van der Waals surface area contributed by atoms with E-state index in [-0.39, 0.29) is 5.69 Å². The van der Waals surface area contributed by atoms with E-state index >= 15 is 0 Å². The van der Waals surface area contributed by atoms with Crippen LogP contribution >= 0.6 is 11.3 Å². The zero-order chi connectivity index (χ0) is 12.7. The van der Waals surface area contributed by atoms with Gasteiger partial charge in [0.25, 0.3) is 0 Å². The molecule has 5 heteroatoms. The SMILES string of the molecule is Cc1cc2[nH]c(=O)[nH]c2cc1C(O)c1cccs1. The summed E-state index contributed by atoms with van der Waals surface area (Å²) in [5.74, 6) is 0. The Morgan fingerprint density at radius 1 is 1.28 bits per heavy atom. The highest BCUT2D eigenvalue weighted by Gasteiger charge is 2.15. The molecule has 3 N–H and O–H groups in total. The molecule has 2 aromatic heterocycles. The Kier molecular flexibility index (Phi) is 2.57. The van der Waals surface area contributed by atoms with Gasteiger partial charge in [-0.15, -0.1) is 11.3 Å². The normalized spacial score (nSPS) is 13.0. The molecule has 1 aromatic carbocycles. The van der Waals surface area contributed by atoms with Gasteiger partial charge in [-0.3, -0.25) is 0 Å². The molecule has 0 fully saturated rings. The lowest BCUT2D eigenvalue weighted by molar-refractivity contribution is 0.223. The summed E-state index contributed by atoms with van der Waals surface area (Å²) in [7, 11) is 0. The Morgan fingerprint density at radius 3 is 2.67 bits per heavy atom. The van der Waals surface area contributed by atoms with Crippen LogP contribution in [-0.2, 0) is 0 Å². The van der Waals surface area contributed by atoms with Gasteiger partial charge in [-0.25, -0.2) is 4.79 Å². The van der Waals surface area contributed by atoms with Crippen LogP contribution in [0.25, 0.3) is 11.0 Å². The molecule has 3 rings (SSSR count). The first-order chi connectivity index (χ1) is 8.65. The molecule has 0 aliphatic heterocycles. The van der Waals surface area contributed by atoms with E-state index in [1.54, 1.807) is 0 Å². The van der Waals surface area contributed by atoms with Crippen molar-refractivity contribution in [2.24, 2.45) is 0 Å². The summed E-state index contributed by atoms with van der Waals surface area (Å²) in [6.45, 7) is 1.93. The van der Waals surface area contributed by atoms with E-state index in [0.717, 1.165) is 27.0 Å². The van der Waals surface area contributed by atoms with Crippen molar-refractivity contribution < 1.29 is 5.11 Å². The standard InChI is InChI=1S/C13H12N2O2S/c1-7-5-9-10(15-13(17)14-9)6-8(7)12(16)11-3-2-4-18-11/h2-6,12,16H,1H3,(H2,14,15,17). The summed E-state index contributed by atoms with van der Waals surface area (Å²) < 4.78 is 0. The number of hydrogen-bond donors (Lipinski definition) is 3. The zero-order valence-electron chi connectivity index (χ0n) is 9.73. The van der Waals surface area contributed by atoms with E-state index < -0.39 is 6.10 Å². The number of hydrogen-bond acceptors (Lipinski definition) is 3. The number of nitrogens with one attached hydrogen (secondary N) is 2. The first-order valence-corrected chi connectivity index (χ1v) is 6.47. The van der Waals surface area contributed by atoms with E-state index in [2.05, 4.69) is 9.97 Å². The Morgan fingerprint density at radius 2 is 2.00 bits per heavy atom. The molecule has 0 bridgehead atoms. The molecule has 2 heterocycles. The summed E-state index contributed by atoms with van der Waals surface area (Å²) in [6.07, 6.45) is -0.646. The summed E-state index contributed by atoms with van der Waals surface area (Å²) in [6, 6.07) is 7.51. The number of benzene rings is 1. The van der Waals surface area contributed by atoms with Crippen molar-refractivity contribution in [1.82, 2.24) is 9.97 Å². The van der Waals surface area contributed by atoms with Gasteiger partial charge in [0.05, 0.1) is 11.0 Å². The first-order valence-electron chi connectivity index (χ1n) is 5.59. The van der Waals surface area contributed by atoms with Gasteiger partial charge in [-0.1, -0.05) is 6.07 Å². The predicted octanol–water partition coefficient (Wildman–Crippen LogP) is 2.31. The number of aromatic nitrogens is 2. The third-order valence-electron chi connectivity index (χ3n) is 3.01. The Bertz CT molecular complexity index is 740. The number of thiophene rings is 1. The molecule has 0 saturated carbocycles. The van der Waals surface area contributed by atoms with Gasteiger partial charge in [0, 0.05) is 4.88 Å². The maximum atomic E-state index is 11.2. The highest BCUT2D eigenvalue weighted by Crippen LogP contribution is 2.29. The lowest BCUT2D eigenvalue weighted by Gasteiger charge is -2.12. The molecule has 3 aromatic rings. The van der Waals surface area contributed by atoms with Gasteiger partial charge >= 0.3 is 5.69 Å². The molecule has 1 unspecified atom stereocenters. The molecule has 18 heavy (non-hydrogen) atoms. The molecular formula is C13H12N2O2S. The van der Waals surface area contributed by atoms with Crippen molar-refractivity contribution in [3.05, 3.63) is 56.1 Å². The first kappa shape index (κ1) is 11.3. The number of imidazole rings is 1. The van der Waals surface area contributed by atoms with Gasteiger partial charge < -0.3 is 15.1 Å². The molecule has 0 radical (unpaired) electrons. The third-order valence-corrected chi connectivity index (χ3v) is 3.93. The third kappa shape index (κ3) is 1.77. The summed E-state index contributed by atoms with van der Waals surface area (Å²) in [5.41, 5.74) is 3.03. The lowest BCUT2D eigenvalue weighted by atomic mass is 10.0.